The number of nitrogens with one attached hydrogen (secondary N) is 1. The molecule has 0 spiro atoms. The predicted octanol–water partition coefficient (Wildman–Crippen LogP) is 2.48. The number of carboxylic acids is 1. The van der Waals surface area contributed by atoms with Gasteiger partial charge in [-0.05, 0) is 30.4 Å². The second-order valence-corrected chi connectivity index (χ2v) is 5.03. The van der Waals surface area contributed by atoms with Gasteiger partial charge in [-0.2, -0.15) is 0 Å². The zero-order valence-corrected chi connectivity index (χ0v) is 11.5. The summed E-state index contributed by atoms with van der Waals surface area (Å²) in [5.74, 6) is -0.495. The van der Waals surface area contributed by atoms with Crippen molar-refractivity contribution >= 4 is 11.9 Å². The molecule has 1 aromatic carbocycles. The molecular weight excluding hydrogens is 242 g/mol. The molecule has 1 aromatic rings. The predicted molar refractivity (Wildman–Crippen MR) is 74.2 cm³/mol. The van der Waals surface area contributed by atoms with Crippen LogP contribution in [0, 0.1) is 5.92 Å². The third kappa shape index (κ3) is 5.55. The van der Waals surface area contributed by atoms with Gasteiger partial charge >= 0.3 is 5.97 Å². The Labute approximate surface area is 113 Å². The molecule has 0 heterocycles. The van der Waals surface area contributed by atoms with E-state index in [0.29, 0.717) is 18.0 Å². The number of hydrogen-bond acceptors (Lipinski definition) is 2. The van der Waals surface area contributed by atoms with Gasteiger partial charge < -0.3 is 10.4 Å². The van der Waals surface area contributed by atoms with E-state index in [9.17, 15) is 9.59 Å². The molecule has 2 N–H and O–H groups in total. The molecule has 0 saturated heterocycles. The van der Waals surface area contributed by atoms with E-state index in [1.54, 1.807) is 18.2 Å². The number of hydrogen-bond donors (Lipinski definition) is 2. The van der Waals surface area contributed by atoms with Gasteiger partial charge in [0.25, 0.3) is 0 Å². The van der Waals surface area contributed by atoms with Crippen molar-refractivity contribution in [2.75, 3.05) is 6.54 Å². The highest BCUT2D eigenvalue weighted by Crippen LogP contribution is 2.09. The lowest BCUT2D eigenvalue weighted by Gasteiger charge is -2.08. The van der Waals surface area contributed by atoms with E-state index in [4.69, 9.17) is 5.11 Å². The minimum atomic E-state index is -0.997. The van der Waals surface area contributed by atoms with E-state index >= 15 is 0 Å². The normalized spacial score (nSPS) is 10.5. The van der Waals surface area contributed by atoms with E-state index in [1.807, 2.05) is 0 Å². The van der Waals surface area contributed by atoms with Gasteiger partial charge in [-0.15, -0.1) is 0 Å². The van der Waals surface area contributed by atoms with Crippen LogP contribution in [0.15, 0.2) is 24.3 Å². The van der Waals surface area contributed by atoms with Crippen LogP contribution in [0.5, 0.6) is 0 Å². The van der Waals surface area contributed by atoms with Crippen molar-refractivity contribution in [3.05, 3.63) is 35.4 Å². The largest absolute Gasteiger partial charge is 0.478 e. The number of aromatic carboxylic acids is 1. The fourth-order valence-electron chi connectivity index (χ4n) is 1.86. The van der Waals surface area contributed by atoms with Crippen molar-refractivity contribution in [2.45, 2.75) is 33.1 Å². The number of amides is 1. The second kappa shape index (κ2) is 7.56. The van der Waals surface area contributed by atoms with E-state index in [-0.39, 0.29) is 17.9 Å². The average molecular weight is 263 g/mol. The Morgan fingerprint density at radius 1 is 1.26 bits per heavy atom. The smallest absolute Gasteiger partial charge is 0.335 e. The highest BCUT2D eigenvalue weighted by atomic mass is 16.4. The van der Waals surface area contributed by atoms with Gasteiger partial charge in [0.15, 0.2) is 0 Å². The molecular formula is C15H21NO3. The standard InChI is InChI=1S/C15H21NO3/c1-11(2)6-5-9-16-14(17)10-12-7-3-4-8-13(12)15(18)19/h3-4,7-8,11H,5-6,9-10H2,1-2H3,(H,16,17)(H,18,19). The van der Waals surface area contributed by atoms with Gasteiger partial charge in [0, 0.05) is 6.54 Å². The maximum absolute atomic E-state index is 11.7. The Bertz CT molecular complexity index is 441. The van der Waals surface area contributed by atoms with Crippen molar-refractivity contribution in [3.8, 4) is 0 Å². The maximum Gasteiger partial charge on any atom is 0.335 e. The Kier molecular flexibility index (Phi) is 6.06. The van der Waals surface area contributed by atoms with E-state index in [0.717, 1.165) is 12.8 Å². The highest BCUT2D eigenvalue weighted by Gasteiger charge is 2.11. The summed E-state index contributed by atoms with van der Waals surface area (Å²) in [7, 11) is 0. The van der Waals surface area contributed by atoms with Crippen molar-refractivity contribution < 1.29 is 14.7 Å². The summed E-state index contributed by atoms with van der Waals surface area (Å²) < 4.78 is 0. The van der Waals surface area contributed by atoms with E-state index < -0.39 is 5.97 Å². The van der Waals surface area contributed by atoms with Crippen molar-refractivity contribution in [2.24, 2.45) is 5.92 Å². The summed E-state index contributed by atoms with van der Waals surface area (Å²) in [5.41, 5.74) is 0.746. The summed E-state index contributed by atoms with van der Waals surface area (Å²) in [6, 6.07) is 6.60. The molecule has 0 unspecified atom stereocenters. The molecule has 0 fully saturated rings. The number of benzene rings is 1. The van der Waals surface area contributed by atoms with Crippen LogP contribution in [0.3, 0.4) is 0 Å². The number of rotatable bonds is 7. The summed E-state index contributed by atoms with van der Waals surface area (Å²) in [4.78, 5) is 22.7. The van der Waals surface area contributed by atoms with Gasteiger partial charge in [-0.25, -0.2) is 4.79 Å². The number of carbonyl (C=O) groups is 2. The van der Waals surface area contributed by atoms with E-state index in [2.05, 4.69) is 19.2 Å². The lowest BCUT2D eigenvalue weighted by atomic mass is 10.0. The molecule has 1 amide bonds. The van der Waals surface area contributed by atoms with Crippen molar-refractivity contribution in [1.29, 1.82) is 0 Å². The third-order valence-electron chi connectivity index (χ3n) is 2.88. The lowest BCUT2D eigenvalue weighted by molar-refractivity contribution is -0.120. The molecule has 4 nitrogen and oxygen atoms in total. The summed E-state index contributed by atoms with van der Waals surface area (Å²) in [6.07, 6.45) is 2.14. The molecule has 0 bridgehead atoms. The molecule has 0 aliphatic carbocycles. The average Bonchev–Trinajstić information content (AvgIpc) is 2.35. The van der Waals surface area contributed by atoms with Gasteiger partial charge in [0.1, 0.15) is 0 Å². The number of carboxylic acid groups (broad SMARTS) is 1. The zero-order valence-electron chi connectivity index (χ0n) is 11.5. The van der Waals surface area contributed by atoms with Crippen LogP contribution < -0.4 is 5.32 Å². The summed E-state index contributed by atoms with van der Waals surface area (Å²) in [5, 5.41) is 11.8. The van der Waals surface area contributed by atoms with Gasteiger partial charge in [-0.1, -0.05) is 32.0 Å². The van der Waals surface area contributed by atoms with Gasteiger partial charge in [-0.3, -0.25) is 4.79 Å². The molecule has 0 aliphatic rings. The SMILES string of the molecule is CC(C)CCCNC(=O)Cc1ccccc1C(=O)O. The Hall–Kier alpha value is -1.84. The molecule has 0 radical (unpaired) electrons. The van der Waals surface area contributed by atoms with Crippen molar-refractivity contribution in [3.63, 3.8) is 0 Å². The Balaban J connectivity index is 2.46. The Morgan fingerprint density at radius 3 is 2.58 bits per heavy atom. The monoisotopic (exact) mass is 263 g/mol. The summed E-state index contributed by atoms with van der Waals surface area (Å²) in [6.45, 7) is 4.93. The van der Waals surface area contributed by atoms with Crippen molar-refractivity contribution in [1.82, 2.24) is 5.32 Å². The fraction of sp³-hybridized carbons (Fsp3) is 0.467. The molecule has 0 aliphatic heterocycles. The second-order valence-electron chi connectivity index (χ2n) is 5.03. The third-order valence-corrected chi connectivity index (χ3v) is 2.88. The zero-order chi connectivity index (χ0) is 14.3. The lowest BCUT2D eigenvalue weighted by Crippen LogP contribution is -2.27. The molecule has 0 atom stereocenters. The highest BCUT2D eigenvalue weighted by molar-refractivity contribution is 5.91. The van der Waals surface area contributed by atoms with Crippen LogP contribution in [0.2, 0.25) is 0 Å². The maximum atomic E-state index is 11.7. The molecule has 0 saturated carbocycles. The first kappa shape index (κ1) is 15.2. The quantitative estimate of drug-likeness (QED) is 0.743. The van der Waals surface area contributed by atoms with Crippen LogP contribution in [0.4, 0.5) is 0 Å². The van der Waals surface area contributed by atoms with E-state index in [1.165, 1.54) is 6.07 Å². The first-order chi connectivity index (χ1) is 9.00. The van der Waals surface area contributed by atoms with Crippen LogP contribution in [-0.2, 0) is 11.2 Å². The molecule has 19 heavy (non-hydrogen) atoms. The molecule has 4 heteroatoms. The molecule has 104 valence electrons. The minimum Gasteiger partial charge on any atom is -0.478 e. The van der Waals surface area contributed by atoms with Crippen LogP contribution in [0.1, 0.15) is 42.6 Å². The molecule has 0 aromatic heterocycles. The van der Waals surface area contributed by atoms with Crippen LogP contribution >= 0.6 is 0 Å². The number of carbonyl (C=O) groups excluding carboxylic acids is 1. The first-order valence-electron chi connectivity index (χ1n) is 6.58. The summed E-state index contributed by atoms with van der Waals surface area (Å²) >= 11 is 0. The van der Waals surface area contributed by atoms with Crippen LogP contribution in [-0.4, -0.2) is 23.5 Å². The minimum absolute atomic E-state index is 0.115. The first-order valence-corrected chi connectivity index (χ1v) is 6.58. The molecule has 1 rings (SSSR count). The Morgan fingerprint density at radius 2 is 1.95 bits per heavy atom. The van der Waals surface area contributed by atoms with Crippen LogP contribution in [0.25, 0.3) is 0 Å². The topological polar surface area (TPSA) is 66.4 Å². The van der Waals surface area contributed by atoms with Gasteiger partial charge in [0.05, 0.1) is 12.0 Å². The fourth-order valence-corrected chi connectivity index (χ4v) is 1.86. The van der Waals surface area contributed by atoms with Gasteiger partial charge in [0.2, 0.25) is 5.91 Å².